The van der Waals surface area contributed by atoms with Gasteiger partial charge in [-0.2, -0.15) is 17.5 Å². The van der Waals surface area contributed by atoms with Crippen LogP contribution in [0.4, 0.5) is 13.2 Å². The SMILES string of the molecule is O=S(=O)(c1c[nH]c2ncc(Br)cc12)N1CCCC1C(F)(F)F. The Morgan fingerprint density at radius 2 is 2.14 bits per heavy atom. The van der Waals surface area contributed by atoms with Crippen molar-refractivity contribution in [2.45, 2.75) is 30.0 Å². The molecule has 0 bridgehead atoms. The van der Waals surface area contributed by atoms with Gasteiger partial charge in [-0.3, -0.25) is 0 Å². The van der Waals surface area contributed by atoms with Crippen LogP contribution in [0.1, 0.15) is 12.8 Å². The number of rotatable bonds is 2. The monoisotopic (exact) mass is 397 g/mol. The van der Waals surface area contributed by atoms with E-state index in [4.69, 9.17) is 0 Å². The van der Waals surface area contributed by atoms with Gasteiger partial charge in [-0.25, -0.2) is 13.4 Å². The molecule has 0 radical (unpaired) electrons. The van der Waals surface area contributed by atoms with Crippen molar-refractivity contribution in [1.29, 1.82) is 0 Å². The molecule has 0 aromatic carbocycles. The summed E-state index contributed by atoms with van der Waals surface area (Å²) in [4.78, 5) is 6.49. The summed E-state index contributed by atoms with van der Waals surface area (Å²) in [6.45, 7) is -0.138. The van der Waals surface area contributed by atoms with Gasteiger partial charge in [-0.05, 0) is 34.8 Å². The minimum atomic E-state index is -4.57. The molecule has 1 aliphatic rings. The Labute approximate surface area is 132 Å². The normalized spacial score (nSPS) is 20.8. The Balaban J connectivity index is 2.10. The van der Waals surface area contributed by atoms with Gasteiger partial charge >= 0.3 is 6.18 Å². The van der Waals surface area contributed by atoms with Crippen LogP contribution >= 0.6 is 15.9 Å². The first-order valence-electron chi connectivity index (χ1n) is 6.42. The van der Waals surface area contributed by atoms with E-state index in [9.17, 15) is 21.6 Å². The predicted molar refractivity (Wildman–Crippen MR) is 76.8 cm³/mol. The van der Waals surface area contributed by atoms with Gasteiger partial charge in [0.05, 0.1) is 0 Å². The van der Waals surface area contributed by atoms with Crippen LogP contribution in [-0.4, -0.2) is 41.5 Å². The molecule has 22 heavy (non-hydrogen) atoms. The molecular weight excluding hydrogens is 387 g/mol. The van der Waals surface area contributed by atoms with E-state index < -0.39 is 22.2 Å². The number of halogens is 4. The number of hydrogen-bond donors (Lipinski definition) is 1. The van der Waals surface area contributed by atoms with Crippen LogP contribution in [0, 0.1) is 0 Å². The van der Waals surface area contributed by atoms with Gasteiger partial charge in [0.25, 0.3) is 0 Å². The molecule has 3 rings (SSSR count). The van der Waals surface area contributed by atoms with E-state index >= 15 is 0 Å². The molecule has 1 unspecified atom stereocenters. The summed E-state index contributed by atoms with van der Waals surface area (Å²) in [6, 6.07) is -0.452. The van der Waals surface area contributed by atoms with Gasteiger partial charge < -0.3 is 4.98 Å². The first-order chi connectivity index (χ1) is 10.2. The van der Waals surface area contributed by atoms with E-state index in [1.165, 1.54) is 18.5 Å². The molecule has 5 nitrogen and oxygen atoms in total. The van der Waals surface area contributed by atoms with Gasteiger partial charge in [0.15, 0.2) is 0 Å². The summed E-state index contributed by atoms with van der Waals surface area (Å²) in [5, 5.41) is 0.266. The summed E-state index contributed by atoms with van der Waals surface area (Å²) in [5.41, 5.74) is 0.310. The third-order valence-electron chi connectivity index (χ3n) is 3.63. The summed E-state index contributed by atoms with van der Waals surface area (Å²) >= 11 is 3.18. The Morgan fingerprint density at radius 3 is 2.82 bits per heavy atom. The van der Waals surface area contributed by atoms with Gasteiger partial charge in [-0.15, -0.1) is 0 Å². The molecule has 1 aliphatic heterocycles. The maximum atomic E-state index is 13.0. The Bertz CT molecular complexity index is 819. The standard InChI is InChI=1S/C12H11BrF3N3O2S/c13-7-4-8-9(6-18-11(8)17-5-7)22(20,21)19-3-1-2-10(19)12(14,15)16/h4-6,10H,1-3H2,(H,17,18). The van der Waals surface area contributed by atoms with Crippen molar-refractivity contribution in [2.75, 3.05) is 6.54 Å². The zero-order valence-electron chi connectivity index (χ0n) is 11.1. The van der Waals surface area contributed by atoms with Crippen molar-refractivity contribution in [3.8, 4) is 0 Å². The highest BCUT2D eigenvalue weighted by atomic mass is 79.9. The fourth-order valence-corrected chi connectivity index (χ4v) is 4.80. The minimum Gasteiger partial charge on any atom is -0.345 e. The molecule has 1 fully saturated rings. The number of aromatic amines is 1. The average molecular weight is 398 g/mol. The van der Waals surface area contributed by atoms with E-state index in [2.05, 4.69) is 25.9 Å². The van der Waals surface area contributed by atoms with Crippen molar-refractivity contribution in [3.05, 3.63) is 22.9 Å². The number of sulfonamides is 1. The number of nitrogens with zero attached hydrogens (tertiary/aromatic N) is 2. The van der Waals surface area contributed by atoms with Crippen molar-refractivity contribution in [2.24, 2.45) is 0 Å². The van der Waals surface area contributed by atoms with E-state index in [-0.39, 0.29) is 29.7 Å². The van der Waals surface area contributed by atoms with Crippen LogP contribution in [0.2, 0.25) is 0 Å². The zero-order valence-corrected chi connectivity index (χ0v) is 13.5. The second-order valence-corrected chi connectivity index (χ2v) is 7.79. The van der Waals surface area contributed by atoms with E-state index in [0.717, 1.165) is 0 Å². The highest BCUT2D eigenvalue weighted by Crippen LogP contribution is 2.37. The molecular formula is C12H11BrF3N3O2S. The smallest absolute Gasteiger partial charge is 0.345 e. The average Bonchev–Trinajstić information content (AvgIpc) is 3.04. The number of pyridine rings is 1. The maximum Gasteiger partial charge on any atom is 0.405 e. The van der Waals surface area contributed by atoms with Crippen LogP contribution in [0.3, 0.4) is 0 Å². The van der Waals surface area contributed by atoms with Crippen molar-refractivity contribution in [1.82, 2.24) is 14.3 Å². The fraction of sp³-hybridized carbons (Fsp3) is 0.417. The molecule has 1 atom stereocenters. The van der Waals surface area contributed by atoms with Crippen molar-refractivity contribution < 1.29 is 21.6 Å². The number of aromatic nitrogens is 2. The lowest BCUT2D eigenvalue weighted by Gasteiger charge is -2.25. The highest BCUT2D eigenvalue weighted by Gasteiger charge is 2.50. The second-order valence-electron chi connectivity index (χ2n) is 5.02. The lowest BCUT2D eigenvalue weighted by molar-refractivity contribution is -0.165. The van der Waals surface area contributed by atoms with Crippen LogP contribution in [0.5, 0.6) is 0 Å². The number of alkyl halides is 3. The summed E-state index contributed by atoms with van der Waals surface area (Å²) < 4.78 is 65.4. The number of H-pyrrole nitrogens is 1. The molecule has 0 saturated carbocycles. The minimum absolute atomic E-state index is 0.138. The van der Waals surface area contributed by atoms with Gasteiger partial charge in [0, 0.05) is 28.8 Å². The molecule has 10 heteroatoms. The van der Waals surface area contributed by atoms with Gasteiger partial charge in [0.2, 0.25) is 10.0 Å². The molecule has 2 aromatic heterocycles. The summed E-state index contributed by atoms with van der Waals surface area (Å²) in [5.74, 6) is 0. The third kappa shape index (κ3) is 2.52. The summed E-state index contributed by atoms with van der Waals surface area (Å²) in [7, 11) is -4.25. The van der Waals surface area contributed by atoms with Crippen LogP contribution in [-0.2, 0) is 10.0 Å². The molecule has 1 N–H and O–H groups in total. The first kappa shape index (κ1) is 15.8. The molecule has 2 aromatic rings. The quantitative estimate of drug-likeness (QED) is 0.846. The van der Waals surface area contributed by atoms with Crippen LogP contribution in [0.15, 0.2) is 27.8 Å². The fourth-order valence-electron chi connectivity index (χ4n) is 2.65. The molecule has 120 valence electrons. The van der Waals surface area contributed by atoms with Crippen molar-refractivity contribution >= 4 is 37.0 Å². The first-order valence-corrected chi connectivity index (χ1v) is 8.66. The third-order valence-corrected chi connectivity index (χ3v) is 6.01. The van der Waals surface area contributed by atoms with E-state index in [1.807, 2.05) is 0 Å². The van der Waals surface area contributed by atoms with E-state index in [0.29, 0.717) is 14.4 Å². The second kappa shape index (κ2) is 5.20. The number of hydrogen-bond acceptors (Lipinski definition) is 3. The number of nitrogens with one attached hydrogen (secondary N) is 1. The Hall–Kier alpha value is -1.13. The molecule has 0 aliphatic carbocycles. The molecule has 1 saturated heterocycles. The molecule has 0 spiro atoms. The van der Waals surface area contributed by atoms with Crippen LogP contribution in [0.25, 0.3) is 11.0 Å². The maximum absolute atomic E-state index is 13.0. The molecule has 0 amide bonds. The molecule has 3 heterocycles. The topological polar surface area (TPSA) is 66.1 Å². The van der Waals surface area contributed by atoms with Crippen LogP contribution < -0.4 is 0 Å². The van der Waals surface area contributed by atoms with Gasteiger partial charge in [-0.1, -0.05) is 0 Å². The summed E-state index contributed by atoms with van der Waals surface area (Å²) in [6.07, 6.45) is -1.94. The lowest BCUT2D eigenvalue weighted by Crippen LogP contribution is -2.44. The predicted octanol–water partition coefficient (Wildman–Crippen LogP) is 3.04. The van der Waals surface area contributed by atoms with Crippen molar-refractivity contribution in [3.63, 3.8) is 0 Å². The van der Waals surface area contributed by atoms with Gasteiger partial charge in [0.1, 0.15) is 16.6 Å². The largest absolute Gasteiger partial charge is 0.405 e. The lowest BCUT2D eigenvalue weighted by atomic mass is 10.2. The zero-order chi connectivity index (χ0) is 16.1. The Morgan fingerprint density at radius 1 is 1.41 bits per heavy atom. The highest BCUT2D eigenvalue weighted by molar-refractivity contribution is 9.10. The Kier molecular flexibility index (Phi) is 3.73. The van der Waals surface area contributed by atoms with E-state index in [1.54, 1.807) is 0 Å². The number of fused-ring (bicyclic) bond motifs is 1.